The number of nitrogens with one attached hydrogen (secondary N) is 1. The number of pyridine rings is 1. The van der Waals surface area contributed by atoms with Gasteiger partial charge >= 0.3 is 0 Å². The van der Waals surface area contributed by atoms with Crippen LogP contribution in [-0.2, 0) is 0 Å². The number of hydrogen-bond donors (Lipinski definition) is 1. The van der Waals surface area contributed by atoms with Crippen molar-refractivity contribution >= 4 is 17.5 Å². The SMILES string of the molecule is O=C(c1cc(NC2CC2)ccn1)N1CCN(C(=O)c2ccco2)CC1. The van der Waals surface area contributed by atoms with Crippen molar-refractivity contribution in [1.82, 2.24) is 14.8 Å². The van der Waals surface area contributed by atoms with Crippen molar-refractivity contribution in [3.8, 4) is 0 Å². The van der Waals surface area contributed by atoms with E-state index in [1.807, 2.05) is 6.07 Å². The molecular weight excluding hydrogens is 320 g/mol. The van der Waals surface area contributed by atoms with Crippen molar-refractivity contribution in [2.75, 3.05) is 31.5 Å². The van der Waals surface area contributed by atoms with Crippen LogP contribution in [0.1, 0.15) is 33.9 Å². The number of aromatic nitrogens is 1. The van der Waals surface area contributed by atoms with Gasteiger partial charge in [0.15, 0.2) is 5.76 Å². The second kappa shape index (κ2) is 6.58. The molecule has 0 radical (unpaired) electrons. The van der Waals surface area contributed by atoms with E-state index in [0.717, 1.165) is 5.69 Å². The Morgan fingerprint density at radius 1 is 1.08 bits per heavy atom. The predicted molar refractivity (Wildman–Crippen MR) is 91.4 cm³/mol. The van der Waals surface area contributed by atoms with Crippen molar-refractivity contribution in [2.24, 2.45) is 0 Å². The maximum absolute atomic E-state index is 12.7. The molecule has 25 heavy (non-hydrogen) atoms. The number of carbonyl (C=O) groups is 2. The first kappa shape index (κ1) is 15.7. The minimum atomic E-state index is -0.133. The Balaban J connectivity index is 1.37. The number of rotatable bonds is 4. The van der Waals surface area contributed by atoms with Crippen LogP contribution in [0.15, 0.2) is 41.1 Å². The standard InChI is InChI=1S/C18H20N4O3/c23-17(15-12-14(5-6-19-15)20-13-3-4-13)21-7-9-22(10-8-21)18(24)16-2-1-11-25-16/h1-2,5-6,11-13H,3-4,7-10H2,(H,19,20). The number of amides is 2. The fraction of sp³-hybridized carbons (Fsp3) is 0.389. The molecule has 3 heterocycles. The Morgan fingerprint density at radius 2 is 1.80 bits per heavy atom. The molecular formula is C18H20N4O3. The summed E-state index contributed by atoms with van der Waals surface area (Å²) in [5, 5.41) is 3.38. The summed E-state index contributed by atoms with van der Waals surface area (Å²) in [5.41, 5.74) is 1.38. The molecule has 7 heteroatoms. The van der Waals surface area contributed by atoms with Gasteiger partial charge in [0.25, 0.3) is 11.8 Å². The van der Waals surface area contributed by atoms with Gasteiger partial charge in [-0.15, -0.1) is 0 Å². The van der Waals surface area contributed by atoms with Crippen molar-refractivity contribution in [3.63, 3.8) is 0 Å². The maximum atomic E-state index is 12.7. The van der Waals surface area contributed by atoms with Gasteiger partial charge in [0.1, 0.15) is 5.69 Å². The highest BCUT2D eigenvalue weighted by atomic mass is 16.3. The van der Waals surface area contributed by atoms with Crippen LogP contribution in [-0.4, -0.2) is 58.8 Å². The van der Waals surface area contributed by atoms with Crippen molar-refractivity contribution in [1.29, 1.82) is 0 Å². The summed E-state index contributed by atoms with van der Waals surface area (Å²) in [4.78, 5) is 32.6. The summed E-state index contributed by atoms with van der Waals surface area (Å²) in [6.07, 6.45) is 5.50. The smallest absolute Gasteiger partial charge is 0.289 e. The molecule has 1 aliphatic heterocycles. The average Bonchev–Trinajstić information content (AvgIpc) is 3.29. The summed E-state index contributed by atoms with van der Waals surface area (Å²) in [6, 6.07) is 7.57. The van der Waals surface area contributed by atoms with E-state index in [0.29, 0.717) is 43.7 Å². The molecule has 1 saturated carbocycles. The highest BCUT2D eigenvalue weighted by Crippen LogP contribution is 2.24. The molecule has 130 valence electrons. The van der Waals surface area contributed by atoms with Gasteiger partial charge in [-0.25, -0.2) is 0 Å². The average molecular weight is 340 g/mol. The lowest BCUT2D eigenvalue weighted by Gasteiger charge is -2.34. The zero-order valence-electron chi connectivity index (χ0n) is 13.9. The minimum absolute atomic E-state index is 0.0930. The fourth-order valence-corrected chi connectivity index (χ4v) is 2.93. The third kappa shape index (κ3) is 3.50. The van der Waals surface area contributed by atoms with Gasteiger partial charge in [0.05, 0.1) is 6.26 Å². The molecule has 1 saturated heterocycles. The van der Waals surface area contributed by atoms with Crippen LogP contribution in [0.2, 0.25) is 0 Å². The number of hydrogen-bond acceptors (Lipinski definition) is 5. The summed E-state index contributed by atoms with van der Waals surface area (Å²) < 4.78 is 5.15. The summed E-state index contributed by atoms with van der Waals surface area (Å²) in [5.74, 6) is 0.107. The van der Waals surface area contributed by atoms with E-state index in [4.69, 9.17) is 4.42 Å². The number of furan rings is 1. The zero-order chi connectivity index (χ0) is 17.2. The lowest BCUT2D eigenvalue weighted by Crippen LogP contribution is -2.50. The molecule has 2 aliphatic rings. The lowest BCUT2D eigenvalue weighted by molar-refractivity contribution is 0.0515. The van der Waals surface area contributed by atoms with Crippen LogP contribution >= 0.6 is 0 Å². The van der Waals surface area contributed by atoms with Crippen molar-refractivity contribution in [2.45, 2.75) is 18.9 Å². The topological polar surface area (TPSA) is 78.7 Å². The van der Waals surface area contributed by atoms with Crippen LogP contribution in [0.5, 0.6) is 0 Å². The highest BCUT2D eigenvalue weighted by molar-refractivity contribution is 5.94. The lowest BCUT2D eigenvalue weighted by atomic mass is 10.2. The molecule has 4 rings (SSSR count). The summed E-state index contributed by atoms with van der Waals surface area (Å²) >= 11 is 0. The number of anilines is 1. The van der Waals surface area contributed by atoms with E-state index in [9.17, 15) is 9.59 Å². The normalized spacial score (nSPS) is 17.4. The second-order valence-corrected chi connectivity index (χ2v) is 6.41. The fourth-order valence-electron chi connectivity index (χ4n) is 2.93. The summed E-state index contributed by atoms with van der Waals surface area (Å²) in [7, 11) is 0. The van der Waals surface area contributed by atoms with E-state index in [1.165, 1.54) is 19.1 Å². The van der Waals surface area contributed by atoms with Crippen LogP contribution in [0.3, 0.4) is 0 Å². The Labute approximate surface area is 145 Å². The highest BCUT2D eigenvalue weighted by Gasteiger charge is 2.27. The van der Waals surface area contributed by atoms with E-state index in [2.05, 4.69) is 10.3 Å². The van der Waals surface area contributed by atoms with Crippen LogP contribution in [0.4, 0.5) is 5.69 Å². The van der Waals surface area contributed by atoms with Crippen LogP contribution in [0, 0.1) is 0 Å². The van der Waals surface area contributed by atoms with E-state index < -0.39 is 0 Å². The van der Waals surface area contributed by atoms with Gasteiger partial charge in [-0.1, -0.05) is 0 Å². The largest absolute Gasteiger partial charge is 0.459 e. The molecule has 0 bridgehead atoms. The van der Waals surface area contributed by atoms with Gasteiger partial charge in [-0.05, 0) is 37.1 Å². The Kier molecular flexibility index (Phi) is 4.13. The molecule has 2 fully saturated rings. The molecule has 0 unspecified atom stereocenters. The minimum Gasteiger partial charge on any atom is -0.459 e. The molecule has 7 nitrogen and oxygen atoms in total. The molecule has 0 aromatic carbocycles. The molecule has 1 aliphatic carbocycles. The van der Waals surface area contributed by atoms with E-state index in [-0.39, 0.29) is 11.8 Å². The number of nitrogens with zero attached hydrogens (tertiary/aromatic N) is 3. The van der Waals surface area contributed by atoms with Crippen molar-refractivity contribution in [3.05, 3.63) is 48.2 Å². The van der Waals surface area contributed by atoms with Crippen molar-refractivity contribution < 1.29 is 14.0 Å². The second-order valence-electron chi connectivity index (χ2n) is 6.41. The Hall–Kier alpha value is -2.83. The van der Waals surface area contributed by atoms with Gasteiger partial charge in [0, 0.05) is 44.1 Å². The summed E-state index contributed by atoms with van der Waals surface area (Å²) in [6.45, 7) is 1.97. The van der Waals surface area contributed by atoms with Gasteiger partial charge in [-0.2, -0.15) is 0 Å². The first-order chi connectivity index (χ1) is 12.2. The predicted octanol–water partition coefficient (Wildman–Crippen LogP) is 1.85. The molecule has 0 spiro atoms. The number of carbonyl (C=O) groups excluding carboxylic acids is 2. The van der Waals surface area contributed by atoms with Gasteiger partial charge < -0.3 is 19.5 Å². The first-order valence-electron chi connectivity index (χ1n) is 8.55. The third-order valence-corrected chi connectivity index (χ3v) is 4.51. The number of piperazine rings is 1. The monoisotopic (exact) mass is 340 g/mol. The third-order valence-electron chi connectivity index (χ3n) is 4.51. The molecule has 0 atom stereocenters. The zero-order valence-corrected chi connectivity index (χ0v) is 13.9. The molecule has 1 N–H and O–H groups in total. The van der Waals surface area contributed by atoms with E-state index in [1.54, 1.807) is 34.2 Å². The Morgan fingerprint density at radius 3 is 2.44 bits per heavy atom. The van der Waals surface area contributed by atoms with Crippen LogP contribution in [0.25, 0.3) is 0 Å². The first-order valence-corrected chi connectivity index (χ1v) is 8.55. The molecule has 2 amide bonds. The van der Waals surface area contributed by atoms with Gasteiger partial charge in [0.2, 0.25) is 0 Å². The van der Waals surface area contributed by atoms with Gasteiger partial charge in [-0.3, -0.25) is 14.6 Å². The molecule has 2 aromatic heterocycles. The maximum Gasteiger partial charge on any atom is 0.289 e. The van der Waals surface area contributed by atoms with E-state index >= 15 is 0 Å². The Bertz CT molecular complexity index is 762. The van der Waals surface area contributed by atoms with Crippen LogP contribution < -0.4 is 5.32 Å². The quantitative estimate of drug-likeness (QED) is 0.919. The molecule has 2 aromatic rings.